The van der Waals surface area contributed by atoms with Crippen LogP contribution in [0.5, 0.6) is 5.75 Å². The van der Waals surface area contributed by atoms with E-state index in [1.54, 1.807) is 7.11 Å². The number of hydrogen-bond donors (Lipinski definition) is 0. The SMILES string of the molecule is COc1ccc(Cc2nc(C)c(C)c(Cl)n2)cc1. The first kappa shape index (κ1) is 12.8. The average molecular weight is 263 g/mol. The summed E-state index contributed by atoms with van der Waals surface area (Å²) in [5, 5.41) is 0.533. The third-order valence-electron chi connectivity index (χ3n) is 2.90. The monoisotopic (exact) mass is 262 g/mol. The second-order valence-corrected chi connectivity index (χ2v) is 4.52. The van der Waals surface area contributed by atoms with E-state index in [0.29, 0.717) is 11.6 Å². The van der Waals surface area contributed by atoms with Crippen LogP contribution >= 0.6 is 11.6 Å². The van der Waals surface area contributed by atoms with Crippen LogP contribution in [0.3, 0.4) is 0 Å². The van der Waals surface area contributed by atoms with Gasteiger partial charge in [-0.3, -0.25) is 0 Å². The lowest BCUT2D eigenvalue weighted by molar-refractivity contribution is 0.414. The lowest BCUT2D eigenvalue weighted by Gasteiger charge is -2.06. The van der Waals surface area contributed by atoms with Gasteiger partial charge in [-0.15, -0.1) is 0 Å². The maximum absolute atomic E-state index is 6.06. The smallest absolute Gasteiger partial charge is 0.135 e. The Kier molecular flexibility index (Phi) is 3.82. The summed E-state index contributed by atoms with van der Waals surface area (Å²) in [6, 6.07) is 7.87. The van der Waals surface area contributed by atoms with Gasteiger partial charge in [-0.05, 0) is 31.5 Å². The Hall–Kier alpha value is -1.61. The zero-order valence-corrected chi connectivity index (χ0v) is 11.5. The predicted molar refractivity (Wildman–Crippen MR) is 72.3 cm³/mol. The molecular formula is C14H15ClN2O. The first-order chi connectivity index (χ1) is 8.60. The van der Waals surface area contributed by atoms with Gasteiger partial charge in [0.1, 0.15) is 16.7 Å². The van der Waals surface area contributed by atoms with E-state index in [9.17, 15) is 0 Å². The molecule has 0 N–H and O–H groups in total. The van der Waals surface area contributed by atoms with Gasteiger partial charge in [0.15, 0.2) is 0 Å². The molecule has 0 amide bonds. The fourth-order valence-corrected chi connectivity index (χ4v) is 1.89. The molecule has 94 valence electrons. The van der Waals surface area contributed by atoms with Crippen LogP contribution in [0.1, 0.15) is 22.6 Å². The van der Waals surface area contributed by atoms with Crippen LogP contribution in [0.25, 0.3) is 0 Å². The van der Waals surface area contributed by atoms with E-state index in [1.165, 1.54) is 0 Å². The molecule has 1 heterocycles. The van der Waals surface area contributed by atoms with Gasteiger partial charge in [0.05, 0.1) is 7.11 Å². The molecule has 0 saturated carbocycles. The van der Waals surface area contributed by atoms with Gasteiger partial charge in [0.25, 0.3) is 0 Å². The van der Waals surface area contributed by atoms with E-state index in [4.69, 9.17) is 16.3 Å². The minimum Gasteiger partial charge on any atom is -0.497 e. The van der Waals surface area contributed by atoms with Gasteiger partial charge < -0.3 is 4.74 Å². The van der Waals surface area contributed by atoms with Crippen molar-refractivity contribution in [3.8, 4) is 5.75 Å². The van der Waals surface area contributed by atoms with Crippen LogP contribution in [-0.4, -0.2) is 17.1 Å². The van der Waals surface area contributed by atoms with Crippen molar-refractivity contribution in [1.29, 1.82) is 0 Å². The molecule has 0 aliphatic rings. The predicted octanol–water partition coefficient (Wildman–Crippen LogP) is 3.35. The number of halogens is 1. The Labute approximate surface area is 112 Å². The number of methoxy groups -OCH3 is 1. The molecule has 3 nitrogen and oxygen atoms in total. The van der Waals surface area contributed by atoms with Gasteiger partial charge in [0.2, 0.25) is 0 Å². The fraction of sp³-hybridized carbons (Fsp3) is 0.286. The number of benzene rings is 1. The van der Waals surface area contributed by atoms with Crippen LogP contribution in [0.4, 0.5) is 0 Å². The quantitative estimate of drug-likeness (QED) is 0.796. The standard InChI is InChI=1S/C14H15ClN2O/c1-9-10(2)16-13(17-14(9)15)8-11-4-6-12(18-3)7-5-11/h4-7H,8H2,1-3H3. The fourth-order valence-electron chi connectivity index (χ4n) is 1.65. The van der Waals surface area contributed by atoms with E-state index in [0.717, 1.165) is 28.4 Å². The molecule has 0 aliphatic heterocycles. The van der Waals surface area contributed by atoms with E-state index < -0.39 is 0 Å². The number of aryl methyl sites for hydroxylation is 1. The number of ether oxygens (including phenoxy) is 1. The maximum atomic E-state index is 6.06. The van der Waals surface area contributed by atoms with Crippen molar-refractivity contribution in [2.75, 3.05) is 7.11 Å². The molecule has 0 bridgehead atoms. The molecule has 0 spiro atoms. The summed E-state index contributed by atoms with van der Waals surface area (Å²) in [7, 11) is 1.65. The summed E-state index contributed by atoms with van der Waals surface area (Å²) in [4.78, 5) is 8.74. The average Bonchev–Trinajstić information content (AvgIpc) is 2.37. The van der Waals surface area contributed by atoms with Crippen LogP contribution in [0, 0.1) is 13.8 Å². The third-order valence-corrected chi connectivity index (χ3v) is 3.27. The molecule has 4 heteroatoms. The Morgan fingerprint density at radius 3 is 2.33 bits per heavy atom. The number of rotatable bonds is 3. The van der Waals surface area contributed by atoms with Crippen molar-refractivity contribution in [3.63, 3.8) is 0 Å². The van der Waals surface area contributed by atoms with E-state index in [2.05, 4.69) is 9.97 Å². The van der Waals surface area contributed by atoms with Crippen molar-refractivity contribution in [2.45, 2.75) is 20.3 Å². The molecule has 1 aromatic heterocycles. The molecule has 0 aliphatic carbocycles. The molecule has 0 fully saturated rings. The zero-order valence-electron chi connectivity index (χ0n) is 10.7. The topological polar surface area (TPSA) is 35.0 Å². The van der Waals surface area contributed by atoms with Crippen LogP contribution in [0.15, 0.2) is 24.3 Å². The minimum absolute atomic E-state index is 0.533. The molecule has 2 rings (SSSR count). The molecule has 1 aromatic carbocycles. The van der Waals surface area contributed by atoms with Gasteiger partial charge >= 0.3 is 0 Å². The minimum atomic E-state index is 0.533. The molecule has 0 atom stereocenters. The van der Waals surface area contributed by atoms with Crippen molar-refractivity contribution in [3.05, 3.63) is 52.1 Å². The number of aromatic nitrogens is 2. The summed E-state index contributed by atoms with van der Waals surface area (Å²) >= 11 is 6.06. The highest BCUT2D eigenvalue weighted by Crippen LogP contribution is 2.17. The second kappa shape index (κ2) is 5.36. The van der Waals surface area contributed by atoms with Crippen molar-refractivity contribution in [1.82, 2.24) is 9.97 Å². The Morgan fingerprint density at radius 2 is 1.78 bits per heavy atom. The lowest BCUT2D eigenvalue weighted by atomic mass is 10.1. The van der Waals surface area contributed by atoms with Gasteiger partial charge in [-0.1, -0.05) is 23.7 Å². The normalized spacial score (nSPS) is 10.4. The molecule has 18 heavy (non-hydrogen) atoms. The summed E-state index contributed by atoms with van der Waals surface area (Å²) in [6.45, 7) is 3.87. The molecule has 0 radical (unpaired) electrons. The van der Waals surface area contributed by atoms with Crippen LogP contribution in [0.2, 0.25) is 5.15 Å². The van der Waals surface area contributed by atoms with Gasteiger partial charge in [0, 0.05) is 17.7 Å². The van der Waals surface area contributed by atoms with E-state index in [1.807, 2.05) is 38.1 Å². The van der Waals surface area contributed by atoms with Crippen molar-refractivity contribution in [2.24, 2.45) is 0 Å². The van der Waals surface area contributed by atoms with E-state index >= 15 is 0 Å². The van der Waals surface area contributed by atoms with Crippen molar-refractivity contribution < 1.29 is 4.74 Å². The highest BCUT2D eigenvalue weighted by atomic mass is 35.5. The van der Waals surface area contributed by atoms with Gasteiger partial charge in [-0.2, -0.15) is 0 Å². The lowest BCUT2D eigenvalue weighted by Crippen LogP contribution is -2.01. The first-order valence-corrected chi connectivity index (χ1v) is 6.10. The number of hydrogen-bond acceptors (Lipinski definition) is 3. The molecule has 0 saturated heterocycles. The summed E-state index contributed by atoms with van der Waals surface area (Å²) in [5.74, 6) is 1.59. The van der Waals surface area contributed by atoms with E-state index in [-0.39, 0.29) is 0 Å². The highest BCUT2D eigenvalue weighted by Gasteiger charge is 2.06. The Balaban J connectivity index is 2.23. The summed E-state index contributed by atoms with van der Waals surface area (Å²) in [6.07, 6.45) is 0.671. The third kappa shape index (κ3) is 2.79. The number of nitrogens with zero attached hydrogens (tertiary/aromatic N) is 2. The Bertz CT molecular complexity index is 529. The maximum Gasteiger partial charge on any atom is 0.135 e. The Morgan fingerprint density at radius 1 is 1.11 bits per heavy atom. The highest BCUT2D eigenvalue weighted by molar-refractivity contribution is 6.30. The van der Waals surface area contributed by atoms with Gasteiger partial charge in [-0.25, -0.2) is 9.97 Å². The van der Waals surface area contributed by atoms with Crippen molar-refractivity contribution >= 4 is 11.6 Å². The molecular weight excluding hydrogens is 248 g/mol. The summed E-state index contributed by atoms with van der Waals surface area (Å²) < 4.78 is 5.12. The largest absolute Gasteiger partial charge is 0.497 e. The second-order valence-electron chi connectivity index (χ2n) is 4.17. The molecule has 2 aromatic rings. The van der Waals surface area contributed by atoms with Crippen LogP contribution in [-0.2, 0) is 6.42 Å². The van der Waals surface area contributed by atoms with Crippen LogP contribution < -0.4 is 4.74 Å². The summed E-state index contributed by atoms with van der Waals surface area (Å²) in [5.41, 5.74) is 3.00. The zero-order chi connectivity index (χ0) is 13.1. The molecule has 0 unspecified atom stereocenters. The first-order valence-electron chi connectivity index (χ1n) is 5.72.